The predicted molar refractivity (Wildman–Crippen MR) is 76.6 cm³/mol. The summed E-state index contributed by atoms with van der Waals surface area (Å²) in [5.41, 5.74) is 2.76. The Morgan fingerprint density at radius 1 is 1.35 bits per heavy atom. The molecule has 0 fully saturated rings. The van der Waals surface area contributed by atoms with Crippen molar-refractivity contribution in [3.05, 3.63) is 48.2 Å². The Balaban J connectivity index is 0.00000200. The van der Waals surface area contributed by atoms with Crippen LogP contribution in [0.2, 0.25) is 0 Å². The van der Waals surface area contributed by atoms with Gasteiger partial charge in [0.2, 0.25) is 0 Å². The molecule has 3 heteroatoms. The van der Waals surface area contributed by atoms with Gasteiger partial charge in [-0.25, -0.2) is 6.08 Å². The minimum absolute atomic E-state index is 0. The average Bonchev–Trinajstić information content (AvgIpc) is 2.45. The Bertz CT molecular complexity index is 587. The van der Waals surface area contributed by atoms with Gasteiger partial charge in [0.05, 0.1) is 0 Å². The largest absolute Gasteiger partial charge is 0.481 e. The van der Waals surface area contributed by atoms with Crippen LogP contribution in [0, 0.1) is 36.7 Å². The summed E-state index contributed by atoms with van der Waals surface area (Å²) in [6.07, 6.45) is 14.5. The van der Waals surface area contributed by atoms with E-state index in [4.69, 9.17) is 17.6 Å². The first kappa shape index (κ1) is 16.6. The Kier molecular flexibility index (Phi) is 6.59. The summed E-state index contributed by atoms with van der Waals surface area (Å²) in [6, 6.07) is 7.65. The summed E-state index contributed by atoms with van der Waals surface area (Å²) in [5, 5.41) is 3.19. The van der Waals surface area contributed by atoms with Gasteiger partial charge in [-0.3, -0.25) is 0 Å². The second-order valence-electron chi connectivity index (χ2n) is 4.14. The fourth-order valence-electron chi connectivity index (χ4n) is 1.80. The van der Waals surface area contributed by atoms with Gasteiger partial charge in [-0.1, -0.05) is 24.8 Å². The SMILES string of the molecule is C#CCOc1ccc(C2=[C-]CC(C#C)C(=C)N2)cc1.[Y]. The van der Waals surface area contributed by atoms with Crippen LogP contribution in [0.1, 0.15) is 12.0 Å². The molecule has 0 aromatic heterocycles. The summed E-state index contributed by atoms with van der Waals surface area (Å²) in [7, 11) is 0. The van der Waals surface area contributed by atoms with Gasteiger partial charge in [-0.2, -0.15) is 5.56 Å². The van der Waals surface area contributed by atoms with Crippen LogP contribution in [-0.2, 0) is 32.7 Å². The van der Waals surface area contributed by atoms with Gasteiger partial charge >= 0.3 is 0 Å². The Labute approximate surface area is 145 Å². The number of hydrogen-bond donors (Lipinski definition) is 1. The van der Waals surface area contributed by atoms with E-state index in [1.165, 1.54) is 0 Å². The van der Waals surface area contributed by atoms with E-state index < -0.39 is 0 Å². The van der Waals surface area contributed by atoms with Crippen molar-refractivity contribution in [2.45, 2.75) is 6.42 Å². The standard InChI is InChI=1S/C17H14NO.Y/c1-4-12-19-16-9-6-15(7-10-16)17-11-8-14(5-2)13(3)18-17;/h1-2,6-7,9-10,14,18H,3,8,12H2;/q-1;. The molecule has 0 saturated carbocycles. The number of hydrogen-bond acceptors (Lipinski definition) is 2. The van der Waals surface area contributed by atoms with Crippen LogP contribution in [0.5, 0.6) is 5.75 Å². The van der Waals surface area contributed by atoms with E-state index in [1.54, 1.807) is 0 Å². The van der Waals surface area contributed by atoms with E-state index in [0.29, 0.717) is 6.42 Å². The van der Waals surface area contributed by atoms with E-state index >= 15 is 0 Å². The molecule has 0 spiro atoms. The number of ether oxygens (including phenoxy) is 1. The molecule has 0 amide bonds. The van der Waals surface area contributed by atoms with E-state index in [9.17, 15) is 0 Å². The molecule has 2 rings (SSSR count). The van der Waals surface area contributed by atoms with Crippen molar-refractivity contribution in [1.29, 1.82) is 0 Å². The molecule has 2 nitrogen and oxygen atoms in total. The van der Waals surface area contributed by atoms with Gasteiger partial charge in [-0.15, -0.1) is 30.7 Å². The average molecular weight is 337 g/mol. The minimum atomic E-state index is 0. The second-order valence-corrected chi connectivity index (χ2v) is 4.14. The van der Waals surface area contributed by atoms with Crippen molar-refractivity contribution < 1.29 is 37.4 Å². The monoisotopic (exact) mass is 337 g/mol. The molecule has 1 unspecified atom stereocenters. The third-order valence-electron chi connectivity index (χ3n) is 2.86. The molecule has 0 aliphatic carbocycles. The third kappa shape index (κ3) is 4.01. The van der Waals surface area contributed by atoms with Crippen LogP contribution in [-0.4, -0.2) is 6.61 Å². The maximum Gasteiger partial charge on any atom is 0.148 e. The van der Waals surface area contributed by atoms with Gasteiger partial charge in [0.15, 0.2) is 0 Å². The molecule has 1 N–H and O–H groups in total. The second kappa shape index (κ2) is 7.96. The van der Waals surface area contributed by atoms with Crippen LogP contribution in [0.25, 0.3) is 5.70 Å². The fraction of sp³-hybridized carbons (Fsp3) is 0.176. The number of rotatable bonds is 3. The van der Waals surface area contributed by atoms with Gasteiger partial charge in [0, 0.05) is 44.3 Å². The quantitative estimate of drug-likeness (QED) is 0.676. The number of allylic oxidation sites excluding steroid dienone is 2. The zero-order valence-corrected chi connectivity index (χ0v) is 14.0. The molecule has 0 saturated heterocycles. The molecule has 1 aromatic carbocycles. The molecule has 1 aliphatic rings. The molecule has 1 aromatic rings. The number of nitrogens with one attached hydrogen (secondary N) is 1. The predicted octanol–water partition coefficient (Wildman–Crippen LogP) is 2.60. The first-order chi connectivity index (χ1) is 9.24. The van der Waals surface area contributed by atoms with Crippen molar-refractivity contribution in [3.8, 4) is 30.4 Å². The summed E-state index contributed by atoms with van der Waals surface area (Å²) < 4.78 is 5.32. The van der Waals surface area contributed by atoms with Crippen LogP contribution in [0.3, 0.4) is 0 Å². The number of benzene rings is 1. The van der Waals surface area contributed by atoms with Crippen molar-refractivity contribution in [1.82, 2.24) is 5.32 Å². The molecule has 97 valence electrons. The smallest absolute Gasteiger partial charge is 0.148 e. The zero-order chi connectivity index (χ0) is 13.7. The summed E-state index contributed by atoms with van der Waals surface area (Å²) in [6.45, 7) is 4.21. The maximum atomic E-state index is 5.41. The molecule has 0 bridgehead atoms. The summed E-state index contributed by atoms with van der Waals surface area (Å²) >= 11 is 0. The van der Waals surface area contributed by atoms with E-state index in [0.717, 1.165) is 22.7 Å². The fourth-order valence-corrected chi connectivity index (χ4v) is 1.80. The first-order valence-corrected chi connectivity index (χ1v) is 5.94. The minimum Gasteiger partial charge on any atom is -0.481 e. The van der Waals surface area contributed by atoms with Crippen molar-refractivity contribution >= 4 is 5.70 Å². The Morgan fingerprint density at radius 3 is 2.60 bits per heavy atom. The first-order valence-electron chi connectivity index (χ1n) is 5.94. The molecule has 1 atom stereocenters. The topological polar surface area (TPSA) is 21.3 Å². The van der Waals surface area contributed by atoms with Gasteiger partial charge in [-0.05, 0) is 12.1 Å². The Hall–Kier alpha value is -1.48. The molecule has 1 radical (unpaired) electrons. The molecular formula is C17H14NOY-. The summed E-state index contributed by atoms with van der Waals surface area (Å²) in [5.74, 6) is 5.87. The van der Waals surface area contributed by atoms with Crippen molar-refractivity contribution in [2.24, 2.45) is 5.92 Å². The van der Waals surface area contributed by atoms with Crippen molar-refractivity contribution in [3.63, 3.8) is 0 Å². The Morgan fingerprint density at radius 2 is 2.05 bits per heavy atom. The van der Waals surface area contributed by atoms with Gasteiger partial charge in [0.1, 0.15) is 12.4 Å². The molecule has 1 aliphatic heterocycles. The van der Waals surface area contributed by atoms with Crippen molar-refractivity contribution in [2.75, 3.05) is 6.61 Å². The normalized spacial score (nSPS) is 16.8. The third-order valence-corrected chi connectivity index (χ3v) is 2.86. The van der Waals surface area contributed by atoms with E-state index in [2.05, 4.69) is 29.8 Å². The van der Waals surface area contributed by atoms with Crippen LogP contribution in [0.15, 0.2) is 36.5 Å². The number of terminal acetylenes is 2. The molecular weight excluding hydrogens is 323 g/mol. The zero-order valence-electron chi connectivity index (χ0n) is 11.1. The maximum absolute atomic E-state index is 5.41. The van der Waals surface area contributed by atoms with E-state index in [-0.39, 0.29) is 45.2 Å². The van der Waals surface area contributed by atoms with Gasteiger partial charge in [0.25, 0.3) is 0 Å². The van der Waals surface area contributed by atoms with Crippen LogP contribution in [0.4, 0.5) is 0 Å². The summed E-state index contributed by atoms with van der Waals surface area (Å²) in [4.78, 5) is 0. The molecule has 20 heavy (non-hydrogen) atoms. The van der Waals surface area contributed by atoms with Gasteiger partial charge < -0.3 is 10.1 Å². The molecule has 1 heterocycles. The van der Waals surface area contributed by atoms with E-state index in [1.807, 2.05) is 24.3 Å². The van der Waals surface area contributed by atoms with Crippen LogP contribution < -0.4 is 10.1 Å². The van der Waals surface area contributed by atoms with Crippen LogP contribution >= 0.6 is 0 Å².